The smallest absolute Gasteiger partial charge is 0.228 e. The van der Waals surface area contributed by atoms with Gasteiger partial charge in [0.05, 0.1) is 12.3 Å². The first-order valence-corrected chi connectivity index (χ1v) is 6.53. The number of hydrogen-bond acceptors (Lipinski definition) is 3. The lowest BCUT2D eigenvalue weighted by Crippen LogP contribution is -2.26. The number of carbonyl (C=O) groups excluding carboxylic acids is 1. The summed E-state index contributed by atoms with van der Waals surface area (Å²) in [6.07, 6.45) is 2.31. The molecule has 1 saturated carbocycles. The van der Waals surface area contributed by atoms with Crippen LogP contribution in [0.15, 0.2) is 18.2 Å². The van der Waals surface area contributed by atoms with Crippen LogP contribution >= 0.6 is 0 Å². The number of anilines is 1. The third-order valence-corrected chi connectivity index (χ3v) is 3.17. The number of nitrogens with two attached hydrogens (primary N) is 1. The van der Waals surface area contributed by atoms with E-state index in [4.69, 9.17) is 10.5 Å². The van der Waals surface area contributed by atoms with Crippen LogP contribution in [0.4, 0.5) is 10.1 Å². The van der Waals surface area contributed by atoms with Crippen molar-refractivity contribution in [1.29, 1.82) is 0 Å². The maximum atomic E-state index is 13.2. The molecule has 1 aliphatic carbocycles. The molecule has 1 amide bonds. The van der Waals surface area contributed by atoms with Crippen molar-refractivity contribution in [2.75, 3.05) is 18.5 Å². The molecule has 1 aromatic rings. The molecular formula is C14H19FN2O2. The van der Waals surface area contributed by atoms with Crippen LogP contribution in [-0.2, 0) is 4.79 Å². The molecule has 0 spiro atoms. The molecule has 5 heteroatoms. The Morgan fingerprint density at radius 3 is 2.95 bits per heavy atom. The zero-order valence-electron chi connectivity index (χ0n) is 11.0. The summed E-state index contributed by atoms with van der Waals surface area (Å²) in [7, 11) is 0. The Kier molecular flexibility index (Phi) is 4.37. The van der Waals surface area contributed by atoms with E-state index in [1.165, 1.54) is 18.2 Å². The number of hydrogen-bond donors (Lipinski definition) is 2. The fourth-order valence-corrected chi connectivity index (χ4v) is 1.57. The maximum absolute atomic E-state index is 13.2. The number of ether oxygens (including phenoxy) is 1. The van der Waals surface area contributed by atoms with Gasteiger partial charge in [-0.3, -0.25) is 4.79 Å². The first-order valence-electron chi connectivity index (χ1n) is 6.53. The highest BCUT2D eigenvalue weighted by Crippen LogP contribution is 2.32. The third kappa shape index (κ3) is 3.92. The summed E-state index contributed by atoms with van der Waals surface area (Å²) < 4.78 is 18.8. The Bertz CT molecular complexity index is 461. The van der Waals surface area contributed by atoms with Gasteiger partial charge in [-0.05, 0) is 30.9 Å². The molecule has 1 fully saturated rings. The zero-order valence-corrected chi connectivity index (χ0v) is 11.0. The van der Waals surface area contributed by atoms with E-state index in [1.54, 1.807) is 6.92 Å². The standard InChI is InChI=1S/C14H19FN2O2/c1-9(7-16)14(18)17-12-5-4-11(15)6-13(12)19-8-10-2-3-10/h4-6,9-10H,2-3,7-8,16H2,1H3,(H,17,18). The van der Waals surface area contributed by atoms with E-state index in [-0.39, 0.29) is 24.2 Å². The lowest BCUT2D eigenvalue weighted by Gasteiger charge is -2.14. The minimum Gasteiger partial charge on any atom is -0.491 e. The van der Waals surface area contributed by atoms with Gasteiger partial charge in [-0.1, -0.05) is 6.92 Å². The second kappa shape index (κ2) is 6.02. The summed E-state index contributed by atoms with van der Waals surface area (Å²) in [4.78, 5) is 11.8. The Hall–Kier alpha value is -1.62. The lowest BCUT2D eigenvalue weighted by atomic mass is 10.1. The van der Waals surface area contributed by atoms with Gasteiger partial charge in [0.15, 0.2) is 0 Å². The van der Waals surface area contributed by atoms with Crippen LogP contribution in [0.2, 0.25) is 0 Å². The van der Waals surface area contributed by atoms with E-state index in [0.29, 0.717) is 24.0 Å². The summed E-state index contributed by atoms with van der Waals surface area (Å²) in [5.41, 5.74) is 5.94. The summed E-state index contributed by atoms with van der Waals surface area (Å²) in [6.45, 7) is 2.58. The van der Waals surface area contributed by atoms with Crippen LogP contribution in [0.1, 0.15) is 19.8 Å². The minimum atomic E-state index is -0.379. The summed E-state index contributed by atoms with van der Waals surface area (Å²) >= 11 is 0. The van der Waals surface area contributed by atoms with Crippen molar-refractivity contribution in [3.63, 3.8) is 0 Å². The van der Waals surface area contributed by atoms with Crippen LogP contribution in [0.3, 0.4) is 0 Å². The fourth-order valence-electron chi connectivity index (χ4n) is 1.57. The summed E-state index contributed by atoms with van der Waals surface area (Å²) in [6, 6.07) is 4.11. The molecule has 19 heavy (non-hydrogen) atoms. The van der Waals surface area contributed by atoms with Crippen LogP contribution in [0, 0.1) is 17.7 Å². The molecule has 0 aromatic heterocycles. The zero-order chi connectivity index (χ0) is 13.8. The summed E-state index contributed by atoms with van der Waals surface area (Å²) in [5.74, 6) is 0.0849. The largest absolute Gasteiger partial charge is 0.491 e. The lowest BCUT2D eigenvalue weighted by molar-refractivity contribution is -0.119. The topological polar surface area (TPSA) is 64.4 Å². The third-order valence-electron chi connectivity index (χ3n) is 3.17. The fraction of sp³-hybridized carbons (Fsp3) is 0.500. The SMILES string of the molecule is CC(CN)C(=O)Nc1ccc(F)cc1OCC1CC1. The Labute approximate surface area is 112 Å². The van der Waals surface area contributed by atoms with Gasteiger partial charge in [0.2, 0.25) is 5.91 Å². The molecule has 0 bridgehead atoms. The monoisotopic (exact) mass is 266 g/mol. The molecule has 0 aliphatic heterocycles. The molecule has 1 unspecified atom stereocenters. The van der Waals surface area contributed by atoms with Crippen molar-refractivity contribution in [2.45, 2.75) is 19.8 Å². The molecule has 0 saturated heterocycles. The molecule has 0 heterocycles. The van der Waals surface area contributed by atoms with Crippen molar-refractivity contribution in [3.8, 4) is 5.75 Å². The number of halogens is 1. The van der Waals surface area contributed by atoms with Crippen molar-refractivity contribution in [2.24, 2.45) is 17.6 Å². The van der Waals surface area contributed by atoms with Gasteiger partial charge in [-0.2, -0.15) is 0 Å². The molecule has 3 N–H and O–H groups in total. The molecule has 0 radical (unpaired) electrons. The van der Waals surface area contributed by atoms with E-state index in [0.717, 1.165) is 12.8 Å². The Morgan fingerprint density at radius 2 is 2.32 bits per heavy atom. The van der Waals surface area contributed by atoms with Crippen molar-refractivity contribution < 1.29 is 13.9 Å². The number of carbonyl (C=O) groups is 1. The van der Waals surface area contributed by atoms with Crippen LogP contribution < -0.4 is 15.8 Å². The van der Waals surface area contributed by atoms with Gasteiger partial charge in [0, 0.05) is 18.5 Å². The predicted molar refractivity (Wildman–Crippen MR) is 71.5 cm³/mol. The van der Waals surface area contributed by atoms with E-state index in [9.17, 15) is 9.18 Å². The number of benzene rings is 1. The summed E-state index contributed by atoms with van der Waals surface area (Å²) in [5, 5.41) is 2.72. The number of rotatable bonds is 6. The van der Waals surface area contributed by atoms with Crippen molar-refractivity contribution in [3.05, 3.63) is 24.0 Å². The molecule has 104 valence electrons. The molecule has 1 aliphatic rings. The van der Waals surface area contributed by atoms with Gasteiger partial charge >= 0.3 is 0 Å². The normalized spacial score (nSPS) is 15.9. The first kappa shape index (κ1) is 13.8. The van der Waals surface area contributed by atoms with Crippen LogP contribution in [0.5, 0.6) is 5.75 Å². The Balaban J connectivity index is 2.06. The van der Waals surface area contributed by atoms with E-state index >= 15 is 0 Å². The second-order valence-corrected chi connectivity index (χ2v) is 5.02. The molecule has 1 aromatic carbocycles. The minimum absolute atomic E-state index is 0.189. The van der Waals surface area contributed by atoms with E-state index in [2.05, 4.69) is 5.32 Å². The highest BCUT2D eigenvalue weighted by Gasteiger charge is 2.23. The molecule has 2 rings (SSSR count). The molecule has 1 atom stereocenters. The second-order valence-electron chi connectivity index (χ2n) is 5.02. The maximum Gasteiger partial charge on any atom is 0.228 e. The molecular weight excluding hydrogens is 247 g/mol. The molecule has 4 nitrogen and oxygen atoms in total. The van der Waals surface area contributed by atoms with Crippen LogP contribution in [-0.4, -0.2) is 19.1 Å². The van der Waals surface area contributed by atoms with Gasteiger partial charge in [-0.15, -0.1) is 0 Å². The number of amides is 1. The highest BCUT2D eigenvalue weighted by atomic mass is 19.1. The quantitative estimate of drug-likeness (QED) is 0.829. The first-order chi connectivity index (χ1) is 9.10. The number of nitrogens with one attached hydrogen (secondary N) is 1. The van der Waals surface area contributed by atoms with Gasteiger partial charge in [0.25, 0.3) is 0 Å². The average molecular weight is 266 g/mol. The predicted octanol–water partition coefficient (Wildman–Crippen LogP) is 2.15. The highest BCUT2D eigenvalue weighted by molar-refractivity contribution is 5.93. The van der Waals surface area contributed by atoms with Gasteiger partial charge in [-0.25, -0.2) is 4.39 Å². The van der Waals surface area contributed by atoms with E-state index in [1.807, 2.05) is 0 Å². The van der Waals surface area contributed by atoms with Gasteiger partial charge in [0.1, 0.15) is 11.6 Å². The average Bonchev–Trinajstić information content (AvgIpc) is 3.22. The van der Waals surface area contributed by atoms with Crippen molar-refractivity contribution >= 4 is 11.6 Å². The van der Waals surface area contributed by atoms with E-state index < -0.39 is 0 Å². The van der Waals surface area contributed by atoms with Gasteiger partial charge < -0.3 is 15.8 Å². The van der Waals surface area contributed by atoms with Crippen molar-refractivity contribution in [1.82, 2.24) is 0 Å². The van der Waals surface area contributed by atoms with Crippen LogP contribution in [0.25, 0.3) is 0 Å². The Morgan fingerprint density at radius 1 is 1.58 bits per heavy atom.